The molecule has 4 aliphatic rings. The molecule has 12 heteroatoms. The van der Waals surface area contributed by atoms with Crippen LogP contribution in [-0.4, -0.2) is 82.3 Å². The van der Waals surface area contributed by atoms with Crippen LogP contribution in [0, 0.1) is 5.41 Å². The van der Waals surface area contributed by atoms with Crippen LogP contribution in [0.3, 0.4) is 0 Å². The van der Waals surface area contributed by atoms with E-state index in [2.05, 4.69) is 19.8 Å². The first kappa shape index (κ1) is 27.1. The predicted molar refractivity (Wildman–Crippen MR) is 153 cm³/mol. The van der Waals surface area contributed by atoms with Gasteiger partial charge in [-0.25, -0.2) is 13.4 Å². The summed E-state index contributed by atoms with van der Waals surface area (Å²) in [6.45, 7) is 5.72. The number of nitrogens with zero attached hydrogens (tertiary/aromatic N) is 3. The number of sulfonamides is 1. The lowest BCUT2D eigenvalue weighted by molar-refractivity contribution is 0.0527. The number of pyridine rings is 1. The Kier molecular flexibility index (Phi) is 7.26. The quantitative estimate of drug-likeness (QED) is 0.437. The van der Waals surface area contributed by atoms with Gasteiger partial charge in [0.2, 0.25) is 10.0 Å². The zero-order chi connectivity index (χ0) is 27.9. The van der Waals surface area contributed by atoms with Crippen LogP contribution in [0.1, 0.15) is 48.7 Å². The Bertz CT molecular complexity index is 1390. The topological polar surface area (TPSA) is 133 Å². The number of carbonyl (C=O) groups excluding carboxylic acids is 1. The lowest BCUT2D eigenvalue weighted by Crippen LogP contribution is -2.41. The summed E-state index contributed by atoms with van der Waals surface area (Å²) in [7, 11) is -3.69. The van der Waals surface area contributed by atoms with Gasteiger partial charge >= 0.3 is 0 Å². The van der Waals surface area contributed by atoms with Crippen molar-refractivity contribution in [2.24, 2.45) is 5.41 Å². The number of morpholine rings is 1. The maximum Gasteiger partial charge on any atom is 0.274 e. The van der Waals surface area contributed by atoms with E-state index in [1.165, 1.54) is 12.8 Å². The SMILES string of the molecule is C[C@@H]1CN(c2nc(C(=O)Nc3ccc(NS(=O)(=O)CCO)cc3N3CCC4(CC3)CC4)cc3c2OCC3)CCO1. The lowest BCUT2D eigenvalue weighted by Gasteiger charge is -2.35. The number of hydrogen-bond donors (Lipinski definition) is 3. The Morgan fingerprint density at radius 2 is 1.93 bits per heavy atom. The molecule has 1 aliphatic carbocycles. The molecule has 1 spiro atoms. The van der Waals surface area contributed by atoms with Gasteiger partial charge in [-0.1, -0.05) is 0 Å². The van der Waals surface area contributed by atoms with Gasteiger partial charge in [-0.2, -0.15) is 0 Å². The van der Waals surface area contributed by atoms with Gasteiger partial charge in [-0.3, -0.25) is 9.52 Å². The summed E-state index contributed by atoms with van der Waals surface area (Å²) >= 11 is 0. The molecule has 3 fully saturated rings. The largest absolute Gasteiger partial charge is 0.489 e. The van der Waals surface area contributed by atoms with Gasteiger partial charge in [0.15, 0.2) is 11.6 Å². The predicted octanol–water partition coefficient (Wildman–Crippen LogP) is 2.61. The molecule has 0 bridgehead atoms. The van der Waals surface area contributed by atoms with Crippen LogP contribution in [0.2, 0.25) is 0 Å². The molecular weight excluding hydrogens is 534 g/mol. The molecule has 4 heterocycles. The van der Waals surface area contributed by atoms with Gasteiger partial charge in [0.1, 0.15) is 5.69 Å². The third kappa shape index (κ3) is 5.70. The molecule has 1 aromatic heterocycles. The lowest BCUT2D eigenvalue weighted by atomic mass is 9.93. The van der Waals surface area contributed by atoms with E-state index in [0.29, 0.717) is 61.0 Å². The minimum Gasteiger partial charge on any atom is -0.489 e. The number of aliphatic hydroxyl groups is 1. The van der Waals surface area contributed by atoms with Crippen LogP contribution in [-0.2, 0) is 21.2 Å². The summed E-state index contributed by atoms with van der Waals surface area (Å²) < 4.78 is 38.8. The molecule has 1 aromatic carbocycles. The highest BCUT2D eigenvalue weighted by atomic mass is 32.2. The van der Waals surface area contributed by atoms with Crippen molar-refractivity contribution in [2.45, 2.75) is 45.1 Å². The van der Waals surface area contributed by atoms with E-state index < -0.39 is 16.6 Å². The summed E-state index contributed by atoms with van der Waals surface area (Å²) in [5.74, 6) is 0.705. The van der Waals surface area contributed by atoms with Gasteiger partial charge in [0.05, 0.1) is 48.7 Å². The van der Waals surface area contributed by atoms with Crippen molar-refractivity contribution < 1.29 is 27.8 Å². The average molecular weight is 572 g/mol. The third-order valence-electron chi connectivity index (χ3n) is 8.42. The number of benzene rings is 1. The van der Waals surface area contributed by atoms with Crippen molar-refractivity contribution in [1.82, 2.24) is 4.98 Å². The summed E-state index contributed by atoms with van der Waals surface area (Å²) in [5, 5.41) is 12.2. The number of aromatic nitrogens is 1. The molecule has 2 saturated heterocycles. The molecule has 216 valence electrons. The van der Waals surface area contributed by atoms with Gasteiger partial charge in [0.25, 0.3) is 5.91 Å². The zero-order valence-electron chi connectivity index (χ0n) is 22.8. The molecule has 3 N–H and O–H groups in total. The van der Waals surface area contributed by atoms with E-state index in [-0.39, 0.29) is 17.8 Å². The van der Waals surface area contributed by atoms with E-state index in [1.54, 1.807) is 24.3 Å². The number of nitrogens with one attached hydrogen (secondary N) is 2. The number of rotatable bonds is 8. The second kappa shape index (κ2) is 10.7. The van der Waals surface area contributed by atoms with Crippen molar-refractivity contribution in [3.63, 3.8) is 0 Å². The van der Waals surface area contributed by atoms with Crippen molar-refractivity contribution in [1.29, 1.82) is 0 Å². The van der Waals surface area contributed by atoms with Crippen LogP contribution in [0.5, 0.6) is 5.75 Å². The molecule has 2 aromatic rings. The summed E-state index contributed by atoms with van der Waals surface area (Å²) in [5.41, 5.74) is 3.50. The number of anilines is 4. The van der Waals surface area contributed by atoms with Crippen molar-refractivity contribution in [3.05, 3.63) is 35.5 Å². The van der Waals surface area contributed by atoms with E-state index in [1.807, 2.05) is 6.92 Å². The number of fused-ring (bicyclic) bond motifs is 1. The number of ether oxygens (including phenoxy) is 2. The smallest absolute Gasteiger partial charge is 0.274 e. The Balaban J connectivity index is 1.28. The Labute approximate surface area is 234 Å². The average Bonchev–Trinajstić information content (AvgIpc) is 3.50. The molecule has 0 radical (unpaired) electrons. The van der Waals surface area contributed by atoms with E-state index in [4.69, 9.17) is 19.6 Å². The minimum absolute atomic E-state index is 0.0558. The zero-order valence-corrected chi connectivity index (χ0v) is 23.6. The fourth-order valence-electron chi connectivity index (χ4n) is 5.92. The molecule has 1 saturated carbocycles. The van der Waals surface area contributed by atoms with E-state index >= 15 is 0 Å². The monoisotopic (exact) mass is 571 g/mol. The summed E-state index contributed by atoms with van der Waals surface area (Å²) in [6, 6.07) is 6.93. The normalized spacial score (nSPS) is 21.6. The molecule has 0 unspecified atom stereocenters. The molecule has 6 rings (SSSR count). The second-order valence-electron chi connectivity index (χ2n) is 11.4. The molecule has 11 nitrogen and oxygen atoms in total. The van der Waals surface area contributed by atoms with Gasteiger partial charge in [-0.05, 0) is 62.3 Å². The van der Waals surface area contributed by atoms with Crippen molar-refractivity contribution in [3.8, 4) is 5.75 Å². The number of hydrogen-bond acceptors (Lipinski definition) is 9. The highest BCUT2D eigenvalue weighted by Crippen LogP contribution is 2.54. The van der Waals surface area contributed by atoms with Crippen LogP contribution < -0.4 is 24.6 Å². The molecule has 3 aliphatic heterocycles. The van der Waals surface area contributed by atoms with Crippen LogP contribution >= 0.6 is 0 Å². The molecule has 1 amide bonds. The number of piperidine rings is 1. The summed E-state index contributed by atoms with van der Waals surface area (Å²) in [6.07, 6.45) is 5.46. The van der Waals surface area contributed by atoms with Crippen LogP contribution in [0.4, 0.5) is 22.9 Å². The maximum absolute atomic E-state index is 13.6. The Morgan fingerprint density at radius 3 is 2.65 bits per heavy atom. The van der Waals surface area contributed by atoms with Crippen molar-refractivity contribution in [2.75, 3.05) is 71.6 Å². The van der Waals surface area contributed by atoms with Gasteiger partial charge in [0, 0.05) is 38.2 Å². The van der Waals surface area contributed by atoms with Gasteiger partial charge in [-0.15, -0.1) is 0 Å². The van der Waals surface area contributed by atoms with Crippen LogP contribution in [0.25, 0.3) is 0 Å². The molecular formula is C28H37N5O6S. The van der Waals surface area contributed by atoms with Crippen LogP contribution in [0.15, 0.2) is 24.3 Å². The van der Waals surface area contributed by atoms with Crippen molar-refractivity contribution >= 4 is 38.8 Å². The molecule has 40 heavy (non-hydrogen) atoms. The van der Waals surface area contributed by atoms with Gasteiger partial charge < -0.3 is 29.7 Å². The first-order valence-electron chi connectivity index (χ1n) is 14.1. The first-order valence-corrected chi connectivity index (χ1v) is 15.7. The van der Waals surface area contributed by atoms with E-state index in [0.717, 1.165) is 42.9 Å². The minimum atomic E-state index is -3.69. The Hall–Kier alpha value is -3.09. The fraction of sp³-hybridized carbons (Fsp3) is 0.571. The highest BCUT2D eigenvalue weighted by molar-refractivity contribution is 7.92. The highest BCUT2D eigenvalue weighted by Gasteiger charge is 2.44. The second-order valence-corrected chi connectivity index (χ2v) is 13.2. The maximum atomic E-state index is 13.6. The summed E-state index contributed by atoms with van der Waals surface area (Å²) in [4.78, 5) is 22.7. The number of amides is 1. The Morgan fingerprint density at radius 1 is 1.12 bits per heavy atom. The first-order chi connectivity index (χ1) is 19.2. The number of carbonyl (C=O) groups is 1. The fourth-order valence-corrected chi connectivity index (χ4v) is 6.75. The standard InChI is InChI=1S/C28H37N5O6S/c1-19-18-33(11-14-38-19)26-25-20(4-13-39-25)16-23(29-26)27(35)30-22-3-2-21(31-40(36,37)15-12-34)17-24(22)32-9-7-28(5-6-28)8-10-32/h2-3,16-17,19,31,34H,4-15,18H2,1H3,(H,30,35)/t19-/m1/s1. The number of aliphatic hydroxyl groups excluding tert-OH is 1. The third-order valence-corrected chi connectivity index (χ3v) is 9.69. The van der Waals surface area contributed by atoms with E-state index in [9.17, 15) is 13.2 Å². The molecule has 1 atom stereocenters.